The summed E-state index contributed by atoms with van der Waals surface area (Å²) in [4.78, 5) is 27.2. The summed E-state index contributed by atoms with van der Waals surface area (Å²) in [5, 5.41) is 0. The normalized spacial score (nSPS) is 20.6. The summed E-state index contributed by atoms with van der Waals surface area (Å²) < 4.78 is 0. The maximum Gasteiger partial charge on any atom is 0.225 e. The van der Waals surface area contributed by atoms with E-state index >= 15 is 0 Å². The molecule has 1 aromatic heterocycles. The summed E-state index contributed by atoms with van der Waals surface area (Å²) in [5.41, 5.74) is 5.04. The van der Waals surface area contributed by atoms with Gasteiger partial charge in [-0.25, -0.2) is 9.97 Å². The van der Waals surface area contributed by atoms with Crippen LogP contribution in [0.4, 0.5) is 5.95 Å². The molecule has 27 heavy (non-hydrogen) atoms. The van der Waals surface area contributed by atoms with E-state index in [2.05, 4.69) is 47.9 Å². The highest BCUT2D eigenvalue weighted by Gasteiger charge is 2.31. The molecule has 2 aliphatic rings. The molecule has 1 fully saturated rings. The summed E-state index contributed by atoms with van der Waals surface area (Å²) in [6.45, 7) is 11.3. The lowest BCUT2D eigenvalue weighted by Crippen LogP contribution is -2.47. The Morgan fingerprint density at radius 3 is 2.48 bits per heavy atom. The topological polar surface area (TPSA) is 49.3 Å². The number of carbonyl (C=O) groups excluding carboxylic acids is 1. The number of carbonyl (C=O) groups is 1. The summed E-state index contributed by atoms with van der Waals surface area (Å²) in [6, 6.07) is 8.39. The molecule has 1 atom stereocenters. The van der Waals surface area contributed by atoms with Crippen molar-refractivity contribution >= 4 is 11.7 Å². The molecule has 1 saturated heterocycles. The quantitative estimate of drug-likeness (QED) is 0.837. The summed E-state index contributed by atoms with van der Waals surface area (Å²) >= 11 is 0. The van der Waals surface area contributed by atoms with Crippen LogP contribution in [0.1, 0.15) is 52.1 Å². The molecule has 4 rings (SSSR count). The SMILES string of the molecule is CCN1CCN(c2nc(C)c3c(n2)C[C@@H](c2ccccc2C)CC3=O)CC1. The van der Waals surface area contributed by atoms with E-state index in [-0.39, 0.29) is 11.7 Å². The molecule has 0 spiro atoms. The van der Waals surface area contributed by atoms with Crippen LogP contribution in [-0.4, -0.2) is 53.4 Å². The Bertz CT molecular complexity index is 855. The number of aryl methyl sites for hydroxylation is 2. The first kappa shape index (κ1) is 18.1. The molecule has 0 unspecified atom stereocenters. The molecule has 1 aromatic carbocycles. The molecule has 1 aliphatic heterocycles. The lowest BCUT2D eigenvalue weighted by molar-refractivity contribution is 0.0962. The van der Waals surface area contributed by atoms with Gasteiger partial charge in [0.25, 0.3) is 0 Å². The Kier molecular flexibility index (Phi) is 4.96. The molecule has 0 radical (unpaired) electrons. The molecule has 0 N–H and O–H groups in total. The molecular weight excluding hydrogens is 336 g/mol. The minimum absolute atomic E-state index is 0.185. The molecule has 0 amide bonds. The van der Waals surface area contributed by atoms with Crippen molar-refractivity contribution < 1.29 is 4.79 Å². The number of aromatic nitrogens is 2. The predicted octanol–water partition coefficient (Wildman–Crippen LogP) is 3.15. The molecule has 0 saturated carbocycles. The zero-order valence-corrected chi connectivity index (χ0v) is 16.5. The fourth-order valence-corrected chi connectivity index (χ4v) is 4.43. The highest BCUT2D eigenvalue weighted by atomic mass is 16.1. The molecule has 2 aromatic rings. The zero-order chi connectivity index (χ0) is 19.0. The lowest BCUT2D eigenvalue weighted by atomic mass is 9.80. The number of likely N-dealkylation sites (N-methyl/N-ethyl adjacent to an activating group) is 1. The Morgan fingerprint density at radius 1 is 1.04 bits per heavy atom. The first-order valence-electron chi connectivity index (χ1n) is 10.0. The second-order valence-corrected chi connectivity index (χ2v) is 7.74. The Morgan fingerprint density at radius 2 is 1.78 bits per heavy atom. The van der Waals surface area contributed by atoms with E-state index in [1.807, 2.05) is 6.92 Å². The molecule has 0 bridgehead atoms. The predicted molar refractivity (Wildman–Crippen MR) is 108 cm³/mol. The van der Waals surface area contributed by atoms with Gasteiger partial charge in [-0.2, -0.15) is 0 Å². The van der Waals surface area contributed by atoms with Crippen LogP contribution in [0.3, 0.4) is 0 Å². The lowest BCUT2D eigenvalue weighted by Gasteiger charge is -2.35. The third kappa shape index (κ3) is 3.48. The van der Waals surface area contributed by atoms with Gasteiger partial charge in [0.2, 0.25) is 5.95 Å². The van der Waals surface area contributed by atoms with Crippen molar-refractivity contribution in [3.8, 4) is 0 Å². The average molecular weight is 364 g/mol. The van der Waals surface area contributed by atoms with Crippen molar-refractivity contribution in [1.29, 1.82) is 0 Å². The molecule has 1 aliphatic carbocycles. The highest BCUT2D eigenvalue weighted by Crippen LogP contribution is 2.35. The van der Waals surface area contributed by atoms with Crippen molar-refractivity contribution in [1.82, 2.24) is 14.9 Å². The molecule has 2 heterocycles. The van der Waals surface area contributed by atoms with Gasteiger partial charge in [0.05, 0.1) is 17.0 Å². The summed E-state index contributed by atoms with van der Waals surface area (Å²) in [6.07, 6.45) is 1.37. The van der Waals surface area contributed by atoms with Gasteiger partial charge in [-0.15, -0.1) is 0 Å². The molecular formula is C22H28N4O. The van der Waals surface area contributed by atoms with Crippen molar-refractivity contribution in [3.63, 3.8) is 0 Å². The van der Waals surface area contributed by atoms with E-state index in [1.54, 1.807) is 0 Å². The second-order valence-electron chi connectivity index (χ2n) is 7.74. The van der Waals surface area contributed by atoms with E-state index in [0.29, 0.717) is 6.42 Å². The number of fused-ring (bicyclic) bond motifs is 1. The fraction of sp³-hybridized carbons (Fsp3) is 0.500. The van der Waals surface area contributed by atoms with Gasteiger partial charge in [0.1, 0.15) is 0 Å². The third-order valence-electron chi connectivity index (χ3n) is 6.03. The number of ketones is 1. The first-order chi connectivity index (χ1) is 13.1. The van der Waals surface area contributed by atoms with E-state index in [4.69, 9.17) is 9.97 Å². The van der Waals surface area contributed by atoms with Gasteiger partial charge in [-0.05, 0) is 43.9 Å². The van der Waals surface area contributed by atoms with Crippen LogP contribution in [0.5, 0.6) is 0 Å². The van der Waals surface area contributed by atoms with Crippen molar-refractivity contribution in [3.05, 3.63) is 52.3 Å². The van der Waals surface area contributed by atoms with E-state index in [9.17, 15) is 4.79 Å². The van der Waals surface area contributed by atoms with Crippen LogP contribution in [-0.2, 0) is 6.42 Å². The van der Waals surface area contributed by atoms with Crippen LogP contribution >= 0.6 is 0 Å². The van der Waals surface area contributed by atoms with E-state index in [0.717, 1.165) is 62.0 Å². The van der Waals surface area contributed by atoms with Gasteiger partial charge < -0.3 is 9.80 Å². The Balaban J connectivity index is 1.64. The molecule has 142 valence electrons. The number of hydrogen-bond acceptors (Lipinski definition) is 5. The summed E-state index contributed by atoms with van der Waals surface area (Å²) in [5.74, 6) is 1.19. The first-order valence-corrected chi connectivity index (χ1v) is 10.0. The number of rotatable bonds is 3. The zero-order valence-electron chi connectivity index (χ0n) is 16.5. The number of Topliss-reactive ketones (excluding diaryl/α,β-unsaturated/α-hetero) is 1. The van der Waals surface area contributed by atoms with Gasteiger partial charge in [-0.1, -0.05) is 31.2 Å². The summed E-state index contributed by atoms with van der Waals surface area (Å²) in [7, 11) is 0. The van der Waals surface area contributed by atoms with Gasteiger partial charge in [0, 0.05) is 32.6 Å². The molecule has 5 nitrogen and oxygen atoms in total. The maximum absolute atomic E-state index is 12.9. The van der Waals surface area contributed by atoms with Crippen LogP contribution < -0.4 is 4.90 Å². The Hall–Kier alpha value is -2.27. The van der Waals surface area contributed by atoms with Crippen LogP contribution in [0.2, 0.25) is 0 Å². The fourth-order valence-electron chi connectivity index (χ4n) is 4.43. The monoisotopic (exact) mass is 364 g/mol. The second kappa shape index (κ2) is 7.39. The van der Waals surface area contributed by atoms with E-state index in [1.165, 1.54) is 11.1 Å². The smallest absolute Gasteiger partial charge is 0.225 e. The largest absolute Gasteiger partial charge is 0.338 e. The number of nitrogens with zero attached hydrogens (tertiary/aromatic N) is 4. The van der Waals surface area contributed by atoms with Gasteiger partial charge >= 0.3 is 0 Å². The Labute approximate surface area is 161 Å². The number of hydrogen-bond donors (Lipinski definition) is 0. The van der Waals surface area contributed by atoms with E-state index < -0.39 is 0 Å². The number of piperazine rings is 1. The third-order valence-corrected chi connectivity index (χ3v) is 6.03. The maximum atomic E-state index is 12.9. The minimum atomic E-state index is 0.185. The number of benzene rings is 1. The van der Waals surface area contributed by atoms with Crippen molar-refractivity contribution in [2.45, 2.75) is 39.5 Å². The number of anilines is 1. The minimum Gasteiger partial charge on any atom is -0.338 e. The van der Waals surface area contributed by atoms with Gasteiger partial charge in [-0.3, -0.25) is 4.79 Å². The van der Waals surface area contributed by atoms with Crippen LogP contribution in [0, 0.1) is 13.8 Å². The molecule has 5 heteroatoms. The van der Waals surface area contributed by atoms with Gasteiger partial charge in [0.15, 0.2) is 5.78 Å². The van der Waals surface area contributed by atoms with Crippen molar-refractivity contribution in [2.24, 2.45) is 0 Å². The average Bonchev–Trinajstić information content (AvgIpc) is 2.67. The van der Waals surface area contributed by atoms with Crippen LogP contribution in [0.15, 0.2) is 24.3 Å². The standard InChI is InChI=1S/C22H28N4O/c1-4-25-9-11-26(12-10-25)22-23-16(3)21-19(24-22)13-17(14-20(21)27)18-8-6-5-7-15(18)2/h5-8,17H,4,9-14H2,1-3H3/t17-/m1/s1. The van der Waals surface area contributed by atoms with Crippen molar-refractivity contribution in [2.75, 3.05) is 37.6 Å². The highest BCUT2D eigenvalue weighted by molar-refractivity contribution is 5.99. The van der Waals surface area contributed by atoms with Crippen LogP contribution in [0.25, 0.3) is 0 Å².